The minimum absolute atomic E-state index is 0.0314. The number of carbonyl (C=O) groups excluding carboxylic acids is 3. The number of piperidine rings is 1. The number of benzene rings is 1. The number of hydrogen-bond donors (Lipinski definition) is 1. The van der Waals surface area contributed by atoms with Gasteiger partial charge in [-0.1, -0.05) is 65.0 Å². The lowest BCUT2D eigenvalue weighted by Crippen LogP contribution is -2.52. The highest BCUT2D eigenvalue weighted by Crippen LogP contribution is 2.33. The minimum atomic E-state index is -0.348. The highest BCUT2D eigenvalue weighted by Gasteiger charge is 2.35. The lowest BCUT2D eigenvalue weighted by molar-refractivity contribution is -0.136. The van der Waals surface area contributed by atoms with Gasteiger partial charge in [0.05, 0.1) is 13.1 Å². The molecule has 0 spiro atoms. The summed E-state index contributed by atoms with van der Waals surface area (Å²) in [5.41, 5.74) is 0.761. The molecule has 1 aliphatic rings. The predicted octanol–water partition coefficient (Wildman–Crippen LogP) is 3.53. The number of nitrogens with zero attached hydrogens (tertiary/aromatic N) is 3. The van der Waals surface area contributed by atoms with Gasteiger partial charge in [-0.05, 0) is 44.2 Å². The molecule has 1 saturated heterocycles. The summed E-state index contributed by atoms with van der Waals surface area (Å²) < 4.78 is 0. The molecule has 1 aliphatic heterocycles. The fraction of sp³-hybridized carbons (Fsp3) is 0.690. The summed E-state index contributed by atoms with van der Waals surface area (Å²) in [7, 11) is 3.74. The van der Waals surface area contributed by atoms with Gasteiger partial charge in [0, 0.05) is 44.1 Å². The Morgan fingerprint density at radius 1 is 1.03 bits per heavy atom. The van der Waals surface area contributed by atoms with Crippen LogP contribution >= 0.6 is 0 Å². The molecule has 0 radical (unpaired) electrons. The van der Waals surface area contributed by atoms with Crippen LogP contribution in [0.2, 0.25) is 0 Å². The van der Waals surface area contributed by atoms with Gasteiger partial charge in [-0.15, -0.1) is 0 Å². The Labute approximate surface area is 218 Å². The monoisotopic (exact) mass is 500 g/mol. The van der Waals surface area contributed by atoms with Crippen molar-refractivity contribution >= 4 is 17.7 Å². The second kappa shape index (κ2) is 13.8. The van der Waals surface area contributed by atoms with Crippen LogP contribution in [0.15, 0.2) is 30.3 Å². The summed E-state index contributed by atoms with van der Waals surface area (Å²) in [5.74, 6) is -0.0929. The van der Waals surface area contributed by atoms with Crippen molar-refractivity contribution in [2.24, 2.45) is 11.8 Å². The van der Waals surface area contributed by atoms with Crippen molar-refractivity contribution in [1.29, 1.82) is 0 Å². The minimum Gasteiger partial charge on any atom is -0.347 e. The molecule has 0 aromatic heterocycles. The van der Waals surface area contributed by atoms with E-state index < -0.39 is 0 Å². The van der Waals surface area contributed by atoms with Crippen LogP contribution in [0, 0.1) is 11.8 Å². The Morgan fingerprint density at radius 3 is 2.19 bits per heavy atom. The molecule has 1 fully saturated rings. The zero-order valence-corrected chi connectivity index (χ0v) is 23.5. The van der Waals surface area contributed by atoms with E-state index in [0.29, 0.717) is 19.5 Å². The van der Waals surface area contributed by atoms with Gasteiger partial charge < -0.3 is 15.1 Å². The fourth-order valence-electron chi connectivity index (χ4n) is 5.33. The quantitative estimate of drug-likeness (QED) is 0.477. The Bertz CT molecular complexity index is 849. The molecule has 2 atom stereocenters. The second-order valence-corrected chi connectivity index (χ2v) is 11.2. The molecular formula is C29H48N4O3. The SMILES string of the molecule is CC[C@H](C(=O)NCC(=O)N(C)[C@H](CN(C)CC(=O)N1CCCCC1)C(C)C)C(C)(C)c1ccccc1. The summed E-state index contributed by atoms with van der Waals surface area (Å²) in [6.45, 7) is 13.0. The van der Waals surface area contributed by atoms with Gasteiger partial charge >= 0.3 is 0 Å². The lowest BCUT2D eigenvalue weighted by atomic mass is 9.71. The second-order valence-electron chi connectivity index (χ2n) is 11.2. The molecule has 3 amide bonds. The molecule has 2 rings (SSSR count). The predicted molar refractivity (Wildman–Crippen MR) is 146 cm³/mol. The molecule has 7 nitrogen and oxygen atoms in total. The van der Waals surface area contributed by atoms with Crippen LogP contribution in [0.25, 0.3) is 0 Å². The van der Waals surface area contributed by atoms with E-state index in [2.05, 4.69) is 45.1 Å². The smallest absolute Gasteiger partial charge is 0.242 e. The maximum atomic E-state index is 13.1. The van der Waals surface area contributed by atoms with Crippen LogP contribution in [0.4, 0.5) is 0 Å². The summed E-state index contributed by atoms with van der Waals surface area (Å²) in [5, 5.41) is 2.91. The van der Waals surface area contributed by atoms with E-state index in [1.165, 1.54) is 6.42 Å². The van der Waals surface area contributed by atoms with E-state index in [9.17, 15) is 14.4 Å². The van der Waals surface area contributed by atoms with E-state index in [-0.39, 0.29) is 47.6 Å². The largest absolute Gasteiger partial charge is 0.347 e. The molecule has 202 valence electrons. The molecule has 0 bridgehead atoms. The van der Waals surface area contributed by atoms with Gasteiger partial charge in [-0.3, -0.25) is 19.3 Å². The number of hydrogen-bond acceptors (Lipinski definition) is 4. The number of likely N-dealkylation sites (N-methyl/N-ethyl adjacent to an activating group) is 2. The van der Waals surface area contributed by atoms with Gasteiger partial charge in [0.2, 0.25) is 17.7 Å². The molecule has 0 aliphatic carbocycles. The van der Waals surface area contributed by atoms with Crippen molar-refractivity contribution in [2.45, 2.75) is 71.8 Å². The van der Waals surface area contributed by atoms with E-state index in [1.54, 1.807) is 11.9 Å². The van der Waals surface area contributed by atoms with Crippen LogP contribution in [-0.4, -0.2) is 85.3 Å². The third-order valence-electron chi connectivity index (χ3n) is 7.80. The van der Waals surface area contributed by atoms with Gasteiger partial charge in [0.15, 0.2) is 0 Å². The third kappa shape index (κ3) is 8.05. The molecule has 7 heteroatoms. The van der Waals surface area contributed by atoms with Gasteiger partial charge in [0.1, 0.15) is 0 Å². The van der Waals surface area contributed by atoms with Gasteiger partial charge in [-0.2, -0.15) is 0 Å². The Morgan fingerprint density at radius 2 is 1.64 bits per heavy atom. The highest BCUT2D eigenvalue weighted by atomic mass is 16.2. The molecule has 1 N–H and O–H groups in total. The van der Waals surface area contributed by atoms with Gasteiger partial charge in [-0.25, -0.2) is 0 Å². The van der Waals surface area contributed by atoms with Crippen LogP contribution in [0.5, 0.6) is 0 Å². The Balaban J connectivity index is 1.94. The summed E-state index contributed by atoms with van der Waals surface area (Å²) in [4.78, 5) is 44.6. The molecular weight excluding hydrogens is 452 g/mol. The molecule has 0 unspecified atom stereocenters. The summed E-state index contributed by atoms with van der Waals surface area (Å²) >= 11 is 0. The molecule has 1 aromatic rings. The van der Waals surface area contributed by atoms with E-state index in [0.717, 1.165) is 31.5 Å². The van der Waals surface area contributed by atoms with Crippen molar-refractivity contribution in [3.63, 3.8) is 0 Å². The highest BCUT2D eigenvalue weighted by molar-refractivity contribution is 5.86. The van der Waals surface area contributed by atoms with E-state index in [1.807, 2.05) is 42.0 Å². The average Bonchev–Trinajstić information content (AvgIpc) is 2.86. The first-order chi connectivity index (χ1) is 17.0. The molecule has 1 heterocycles. The Kier molecular flexibility index (Phi) is 11.4. The van der Waals surface area contributed by atoms with Crippen molar-refractivity contribution in [3.05, 3.63) is 35.9 Å². The normalized spacial score (nSPS) is 16.1. The molecule has 0 saturated carbocycles. The summed E-state index contributed by atoms with van der Waals surface area (Å²) in [6.07, 6.45) is 4.03. The number of amides is 3. The van der Waals surface area contributed by atoms with Crippen LogP contribution in [0.3, 0.4) is 0 Å². The van der Waals surface area contributed by atoms with Crippen molar-refractivity contribution in [1.82, 2.24) is 20.0 Å². The standard InChI is InChI=1S/C29H48N4O3/c1-8-24(29(4,5)23-15-11-9-12-16-23)28(36)30-19-26(34)32(7)25(22(2)3)20-31(6)21-27(35)33-17-13-10-14-18-33/h9,11-12,15-16,22,24-25H,8,10,13-14,17-21H2,1-7H3,(H,30,36)/t24-,25-/m1/s1. The van der Waals surface area contributed by atoms with E-state index >= 15 is 0 Å². The van der Waals surface area contributed by atoms with Gasteiger partial charge in [0.25, 0.3) is 0 Å². The number of carbonyl (C=O) groups is 3. The van der Waals surface area contributed by atoms with Crippen LogP contribution in [0.1, 0.15) is 65.9 Å². The fourth-order valence-corrected chi connectivity index (χ4v) is 5.33. The lowest BCUT2D eigenvalue weighted by Gasteiger charge is -2.36. The molecule has 36 heavy (non-hydrogen) atoms. The van der Waals surface area contributed by atoms with Crippen molar-refractivity contribution < 1.29 is 14.4 Å². The van der Waals surface area contributed by atoms with Crippen molar-refractivity contribution in [2.75, 3.05) is 46.8 Å². The van der Waals surface area contributed by atoms with Crippen LogP contribution in [-0.2, 0) is 19.8 Å². The first kappa shape index (κ1) is 29.8. The third-order valence-corrected chi connectivity index (χ3v) is 7.80. The molecule has 1 aromatic carbocycles. The topological polar surface area (TPSA) is 73.0 Å². The first-order valence-corrected chi connectivity index (χ1v) is 13.5. The van der Waals surface area contributed by atoms with E-state index in [4.69, 9.17) is 0 Å². The maximum absolute atomic E-state index is 13.1. The first-order valence-electron chi connectivity index (χ1n) is 13.5. The van der Waals surface area contributed by atoms with Crippen molar-refractivity contribution in [3.8, 4) is 0 Å². The van der Waals surface area contributed by atoms with Crippen LogP contribution < -0.4 is 5.32 Å². The number of nitrogens with one attached hydrogen (secondary N) is 1. The summed E-state index contributed by atoms with van der Waals surface area (Å²) in [6, 6.07) is 9.99. The zero-order valence-electron chi connectivity index (χ0n) is 23.5. The Hall–Kier alpha value is -2.41. The number of rotatable bonds is 12. The zero-order chi connectivity index (χ0) is 26.9. The maximum Gasteiger partial charge on any atom is 0.242 e. The number of likely N-dealkylation sites (tertiary alicyclic amines) is 1. The average molecular weight is 501 g/mol.